The quantitative estimate of drug-likeness (QED) is 0.183. The van der Waals surface area contributed by atoms with Crippen LogP contribution in [0.3, 0.4) is 0 Å². The molecule has 3 aliphatic carbocycles. The standard InChI is InChI=1S/C25H32N2O9S/c1-4-8-37(36)9-11-10-6-5-7-12(28)13(10)19(29)15-14(11)20(30)17-18(27(2)3)21(31)16(24(26)34)23(33)25(17,35)22(15)32/h5-7,11,14,17-18,20,24,28,30-32,34-35H,4,8-9,26H2,1-3H3/t11-,14+,17+,18-,20-,24?,25-,37?/m0/s1. The normalized spacial score (nSPS) is 33.3. The number of hydrogen-bond acceptors (Lipinski definition) is 11. The minimum Gasteiger partial charge on any atom is -0.616 e. The molecule has 11 nitrogen and oxygen atoms in total. The van der Waals surface area contributed by atoms with Gasteiger partial charge in [-0.25, -0.2) is 0 Å². The Morgan fingerprint density at radius 1 is 1.22 bits per heavy atom. The zero-order chi connectivity index (χ0) is 27.6. The number of aliphatic hydroxyl groups excluding tert-OH is 4. The molecule has 3 aliphatic rings. The Kier molecular flexibility index (Phi) is 7.23. The fourth-order valence-electron chi connectivity index (χ4n) is 6.18. The summed E-state index contributed by atoms with van der Waals surface area (Å²) in [6.45, 7) is 1.85. The number of phenols is 1. The first-order valence-corrected chi connectivity index (χ1v) is 13.4. The summed E-state index contributed by atoms with van der Waals surface area (Å²) < 4.78 is 12.9. The average molecular weight is 537 g/mol. The Balaban J connectivity index is 2.03. The molecule has 0 heterocycles. The fraction of sp³-hybridized carbons (Fsp3) is 0.520. The van der Waals surface area contributed by atoms with Crippen LogP contribution in [-0.2, 0) is 16.0 Å². The number of hydrogen-bond donors (Lipinski definition) is 7. The Morgan fingerprint density at radius 3 is 2.43 bits per heavy atom. The summed E-state index contributed by atoms with van der Waals surface area (Å²) in [5.41, 5.74) is 1.48. The van der Waals surface area contributed by atoms with Gasteiger partial charge in [0.05, 0.1) is 29.2 Å². The van der Waals surface area contributed by atoms with Crippen molar-refractivity contribution in [1.29, 1.82) is 0 Å². The maximum atomic E-state index is 13.7. The van der Waals surface area contributed by atoms with Crippen LogP contribution < -0.4 is 5.73 Å². The number of carbonyl (C=O) groups excluding carboxylic acids is 2. The number of aliphatic hydroxyl groups is 5. The first-order chi connectivity index (χ1) is 17.3. The van der Waals surface area contributed by atoms with Gasteiger partial charge in [0.2, 0.25) is 5.78 Å². The van der Waals surface area contributed by atoms with Crippen LogP contribution in [0.1, 0.15) is 35.2 Å². The summed E-state index contributed by atoms with van der Waals surface area (Å²) in [6.07, 6.45) is -3.12. The second-order valence-electron chi connectivity index (χ2n) is 10.0. The number of Topliss-reactive ketones (excluding diaryl/α,β-unsaturated/α-hetero) is 2. The van der Waals surface area contributed by atoms with Gasteiger partial charge in [0.15, 0.2) is 11.4 Å². The van der Waals surface area contributed by atoms with Crippen molar-refractivity contribution in [2.45, 2.75) is 43.2 Å². The van der Waals surface area contributed by atoms with Gasteiger partial charge in [-0.1, -0.05) is 30.2 Å². The van der Waals surface area contributed by atoms with E-state index in [2.05, 4.69) is 0 Å². The summed E-state index contributed by atoms with van der Waals surface area (Å²) >= 11 is -1.40. The van der Waals surface area contributed by atoms with Crippen molar-refractivity contribution in [3.05, 3.63) is 52.0 Å². The lowest BCUT2D eigenvalue weighted by molar-refractivity contribution is -0.162. The van der Waals surface area contributed by atoms with E-state index in [1.165, 1.54) is 31.1 Å². The number of benzene rings is 1. The smallest absolute Gasteiger partial charge is 0.206 e. The van der Waals surface area contributed by atoms with Gasteiger partial charge >= 0.3 is 0 Å². The maximum absolute atomic E-state index is 13.7. The average Bonchev–Trinajstić information content (AvgIpc) is 2.80. The van der Waals surface area contributed by atoms with E-state index in [1.54, 1.807) is 6.07 Å². The summed E-state index contributed by atoms with van der Waals surface area (Å²) in [7, 11) is 2.99. The van der Waals surface area contributed by atoms with Crippen LogP contribution >= 0.6 is 0 Å². The number of fused-ring (bicyclic) bond motifs is 3. The minimum absolute atomic E-state index is 0.0314. The molecule has 0 saturated carbocycles. The van der Waals surface area contributed by atoms with Crippen LogP contribution in [0, 0.1) is 11.8 Å². The predicted octanol–water partition coefficient (Wildman–Crippen LogP) is -0.417. The largest absolute Gasteiger partial charge is 0.616 e. The van der Waals surface area contributed by atoms with Crippen LogP contribution in [0.15, 0.2) is 40.9 Å². The molecule has 0 saturated heterocycles. The van der Waals surface area contributed by atoms with E-state index in [1.807, 2.05) is 6.92 Å². The lowest BCUT2D eigenvalue weighted by Gasteiger charge is -2.54. The monoisotopic (exact) mass is 536 g/mol. The van der Waals surface area contributed by atoms with E-state index < -0.39 is 92.9 Å². The van der Waals surface area contributed by atoms with E-state index in [9.17, 15) is 44.8 Å². The molecule has 0 aromatic heterocycles. The van der Waals surface area contributed by atoms with E-state index >= 15 is 0 Å². The highest BCUT2D eigenvalue weighted by molar-refractivity contribution is 7.91. The van der Waals surface area contributed by atoms with Crippen LogP contribution in [0.4, 0.5) is 0 Å². The second kappa shape index (κ2) is 9.70. The highest BCUT2D eigenvalue weighted by atomic mass is 32.2. The van der Waals surface area contributed by atoms with Gasteiger partial charge in [0.1, 0.15) is 35.0 Å². The molecule has 4 rings (SSSR count). The summed E-state index contributed by atoms with van der Waals surface area (Å²) in [4.78, 5) is 28.5. The molecular weight excluding hydrogens is 504 g/mol. The van der Waals surface area contributed by atoms with E-state index in [4.69, 9.17) is 5.73 Å². The van der Waals surface area contributed by atoms with Crippen LogP contribution in [0.25, 0.3) is 0 Å². The SMILES string of the molecule is CCC[S+]([O-])C[C@H]1c2cccc(O)c2C(=O)C2=C(O)[C@]3(O)C(=O)C(C(N)O)=C(O)[C@@H](N(C)C)[C@@H]3[C@@H](O)[C@@H]21. The van der Waals surface area contributed by atoms with Gasteiger partial charge in [-0.15, -0.1) is 0 Å². The third-order valence-electron chi connectivity index (χ3n) is 7.68. The number of nitrogens with zero attached hydrogens (tertiary/aromatic N) is 1. The van der Waals surface area contributed by atoms with E-state index in [-0.39, 0.29) is 11.3 Å². The van der Waals surface area contributed by atoms with Crippen molar-refractivity contribution in [2.24, 2.45) is 17.6 Å². The predicted molar refractivity (Wildman–Crippen MR) is 133 cm³/mol. The van der Waals surface area contributed by atoms with Crippen molar-refractivity contribution >= 4 is 22.7 Å². The zero-order valence-electron chi connectivity index (χ0n) is 20.7. The molecule has 202 valence electrons. The number of aromatic hydroxyl groups is 1. The van der Waals surface area contributed by atoms with Crippen LogP contribution in [0.2, 0.25) is 0 Å². The number of carbonyl (C=O) groups is 2. The molecule has 8 atom stereocenters. The highest BCUT2D eigenvalue weighted by Gasteiger charge is 2.67. The number of likely N-dealkylation sites (N-methyl/N-ethyl adjacent to an activating group) is 1. The number of nitrogens with two attached hydrogens (primary N) is 1. The third-order valence-corrected chi connectivity index (χ3v) is 9.28. The van der Waals surface area contributed by atoms with Crippen molar-refractivity contribution in [2.75, 3.05) is 25.6 Å². The van der Waals surface area contributed by atoms with Gasteiger partial charge in [0.25, 0.3) is 0 Å². The van der Waals surface area contributed by atoms with Gasteiger partial charge in [-0.05, 0) is 32.1 Å². The second-order valence-corrected chi connectivity index (χ2v) is 11.7. The molecule has 8 N–H and O–H groups in total. The summed E-state index contributed by atoms with van der Waals surface area (Å²) in [6, 6.07) is 3.05. The Labute approximate surface area is 216 Å². The summed E-state index contributed by atoms with van der Waals surface area (Å²) in [5, 5.41) is 66.5. The molecule has 0 fully saturated rings. The lowest BCUT2D eigenvalue weighted by atomic mass is 9.55. The molecule has 1 aromatic carbocycles. The van der Waals surface area contributed by atoms with Crippen molar-refractivity contribution in [3.63, 3.8) is 0 Å². The molecule has 0 aliphatic heterocycles. The Morgan fingerprint density at radius 2 is 1.86 bits per heavy atom. The molecule has 37 heavy (non-hydrogen) atoms. The summed E-state index contributed by atoms with van der Waals surface area (Å²) in [5.74, 6) is -7.74. The highest BCUT2D eigenvalue weighted by Crippen LogP contribution is 2.55. The van der Waals surface area contributed by atoms with Crippen LogP contribution in [-0.4, -0.2) is 101 Å². The van der Waals surface area contributed by atoms with Gasteiger partial charge in [-0.3, -0.25) is 14.5 Å². The Bertz CT molecular complexity index is 1200. The molecule has 1 aromatic rings. The number of phenolic OH excluding ortho intramolecular Hbond substituents is 1. The molecule has 0 bridgehead atoms. The van der Waals surface area contributed by atoms with Crippen molar-refractivity contribution in [1.82, 2.24) is 4.90 Å². The minimum atomic E-state index is -2.92. The van der Waals surface area contributed by atoms with Gasteiger partial charge in [-0.2, -0.15) is 0 Å². The molecular formula is C25H32N2O9S. The number of rotatable bonds is 6. The molecule has 0 radical (unpaired) electrons. The molecule has 0 spiro atoms. The molecule has 12 heteroatoms. The van der Waals surface area contributed by atoms with Gasteiger partial charge in [0, 0.05) is 17.4 Å². The Hall–Kier alpha value is -2.45. The fourth-order valence-corrected chi connectivity index (χ4v) is 7.59. The lowest BCUT2D eigenvalue weighted by Crippen LogP contribution is -2.69. The maximum Gasteiger partial charge on any atom is 0.206 e. The van der Waals surface area contributed by atoms with E-state index in [0.29, 0.717) is 17.7 Å². The topological polar surface area (TPSA) is 208 Å². The molecule has 0 amide bonds. The third kappa shape index (κ3) is 3.90. The number of ketones is 2. The zero-order valence-corrected chi connectivity index (χ0v) is 21.5. The molecule has 2 unspecified atom stereocenters. The van der Waals surface area contributed by atoms with E-state index in [0.717, 1.165) is 0 Å². The first kappa shape index (κ1) is 27.6. The van der Waals surface area contributed by atoms with Crippen molar-refractivity contribution < 1.29 is 44.8 Å². The first-order valence-electron chi connectivity index (χ1n) is 11.9. The van der Waals surface area contributed by atoms with Crippen molar-refractivity contribution in [3.8, 4) is 5.75 Å². The van der Waals surface area contributed by atoms with Crippen LogP contribution in [0.5, 0.6) is 5.75 Å². The van der Waals surface area contributed by atoms with Gasteiger partial charge < -0.3 is 40.9 Å².